The fourth-order valence-corrected chi connectivity index (χ4v) is 1.82. The lowest BCUT2D eigenvalue weighted by atomic mass is 10.1. The highest BCUT2D eigenvalue weighted by molar-refractivity contribution is 5.94. The van der Waals surface area contributed by atoms with E-state index in [9.17, 15) is 14.7 Å². The van der Waals surface area contributed by atoms with Gasteiger partial charge < -0.3 is 14.4 Å². The van der Waals surface area contributed by atoms with Crippen LogP contribution < -0.4 is 5.43 Å². The van der Waals surface area contributed by atoms with Crippen molar-refractivity contribution in [2.75, 3.05) is 6.61 Å². The first-order chi connectivity index (χ1) is 8.54. The lowest BCUT2D eigenvalue weighted by molar-refractivity contribution is 0.0526. The van der Waals surface area contributed by atoms with Gasteiger partial charge in [-0.15, -0.1) is 0 Å². The van der Waals surface area contributed by atoms with Crippen LogP contribution in [0.3, 0.4) is 0 Å². The third kappa shape index (κ3) is 1.95. The molecule has 0 radical (unpaired) electrons. The lowest BCUT2D eigenvalue weighted by Gasteiger charge is -2.07. The van der Waals surface area contributed by atoms with Crippen LogP contribution in [0.5, 0.6) is 5.75 Å². The molecule has 2 rings (SSSR count). The number of rotatable bonds is 2. The minimum Gasteiger partial charge on any atom is -0.503 e. The first-order valence-electron chi connectivity index (χ1n) is 5.54. The predicted octanol–water partition coefficient (Wildman–Crippen LogP) is 1.42. The number of benzene rings is 1. The Morgan fingerprint density at radius 2 is 2.17 bits per heavy atom. The van der Waals surface area contributed by atoms with Crippen LogP contribution in [-0.2, 0) is 11.8 Å². The molecule has 5 heteroatoms. The second kappa shape index (κ2) is 4.52. The third-order valence-electron chi connectivity index (χ3n) is 2.68. The number of esters is 1. The lowest BCUT2D eigenvalue weighted by Crippen LogP contribution is -2.09. The van der Waals surface area contributed by atoms with E-state index in [1.54, 1.807) is 30.7 Å². The van der Waals surface area contributed by atoms with Crippen molar-refractivity contribution in [1.82, 2.24) is 4.57 Å². The number of ether oxygens (including phenoxy) is 1. The van der Waals surface area contributed by atoms with Gasteiger partial charge in [0.25, 0.3) is 0 Å². The molecule has 1 aromatic carbocycles. The molecule has 0 aliphatic rings. The molecule has 94 valence electrons. The van der Waals surface area contributed by atoms with E-state index in [-0.39, 0.29) is 12.4 Å². The average Bonchev–Trinajstić information content (AvgIpc) is 2.36. The van der Waals surface area contributed by atoms with Crippen molar-refractivity contribution < 1.29 is 14.6 Å². The van der Waals surface area contributed by atoms with Gasteiger partial charge in [0.05, 0.1) is 29.3 Å². The van der Waals surface area contributed by atoms with Crippen molar-refractivity contribution >= 4 is 16.9 Å². The highest BCUT2D eigenvalue weighted by atomic mass is 16.5. The van der Waals surface area contributed by atoms with Gasteiger partial charge in [0, 0.05) is 7.05 Å². The number of aromatic hydroxyl groups is 1. The number of aromatic nitrogens is 1. The van der Waals surface area contributed by atoms with Crippen LogP contribution in [0.25, 0.3) is 10.9 Å². The van der Waals surface area contributed by atoms with Gasteiger partial charge in [-0.25, -0.2) is 4.79 Å². The van der Waals surface area contributed by atoms with Gasteiger partial charge in [-0.05, 0) is 25.1 Å². The van der Waals surface area contributed by atoms with Gasteiger partial charge >= 0.3 is 5.97 Å². The van der Waals surface area contributed by atoms with Crippen molar-refractivity contribution in [3.8, 4) is 5.75 Å². The Labute approximate surface area is 103 Å². The van der Waals surface area contributed by atoms with Gasteiger partial charge in [-0.3, -0.25) is 4.79 Å². The zero-order chi connectivity index (χ0) is 13.3. The summed E-state index contributed by atoms with van der Waals surface area (Å²) in [4.78, 5) is 23.4. The second-order valence-corrected chi connectivity index (χ2v) is 3.91. The summed E-state index contributed by atoms with van der Waals surface area (Å²) in [5.41, 5.74) is 0.451. The van der Waals surface area contributed by atoms with Gasteiger partial charge in [-0.1, -0.05) is 0 Å². The summed E-state index contributed by atoms with van der Waals surface area (Å²) in [6.07, 6.45) is 1.34. The molecule has 0 saturated carbocycles. The van der Waals surface area contributed by atoms with Crippen molar-refractivity contribution in [1.29, 1.82) is 0 Å². The largest absolute Gasteiger partial charge is 0.503 e. The van der Waals surface area contributed by atoms with Gasteiger partial charge in [-0.2, -0.15) is 0 Å². The quantitative estimate of drug-likeness (QED) is 0.815. The van der Waals surface area contributed by atoms with Gasteiger partial charge in [0.2, 0.25) is 5.43 Å². The molecule has 2 aromatic rings. The molecule has 1 aromatic heterocycles. The van der Waals surface area contributed by atoms with Gasteiger partial charge in [0.15, 0.2) is 5.75 Å². The minimum atomic E-state index is -0.491. The maximum atomic E-state index is 11.8. The molecule has 0 saturated heterocycles. The highest BCUT2D eigenvalue weighted by Gasteiger charge is 2.11. The molecule has 0 aliphatic heterocycles. The topological polar surface area (TPSA) is 68.5 Å². The smallest absolute Gasteiger partial charge is 0.338 e. The molecular weight excluding hydrogens is 234 g/mol. The van der Waals surface area contributed by atoms with Crippen LogP contribution in [0.1, 0.15) is 17.3 Å². The monoisotopic (exact) mass is 247 g/mol. The molecule has 0 amide bonds. The maximum absolute atomic E-state index is 11.8. The van der Waals surface area contributed by atoms with E-state index in [2.05, 4.69) is 0 Å². The van der Waals surface area contributed by atoms with Crippen LogP contribution in [0, 0.1) is 0 Å². The summed E-state index contributed by atoms with van der Waals surface area (Å²) in [5, 5.41) is 9.78. The third-order valence-corrected chi connectivity index (χ3v) is 2.68. The van der Waals surface area contributed by atoms with Gasteiger partial charge in [0.1, 0.15) is 0 Å². The molecule has 18 heavy (non-hydrogen) atoms. The summed E-state index contributed by atoms with van der Waals surface area (Å²) in [5.74, 6) is -0.823. The van der Waals surface area contributed by atoms with E-state index in [1.165, 1.54) is 12.3 Å². The first kappa shape index (κ1) is 12.2. The zero-order valence-electron chi connectivity index (χ0n) is 10.1. The molecule has 5 nitrogen and oxygen atoms in total. The summed E-state index contributed by atoms with van der Waals surface area (Å²) in [6.45, 7) is 1.98. The van der Waals surface area contributed by atoms with Crippen LogP contribution in [0.4, 0.5) is 0 Å². The number of carbonyl (C=O) groups is 1. The van der Waals surface area contributed by atoms with E-state index in [4.69, 9.17) is 4.74 Å². The maximum Gasteiger partial charge on any atom is 0.338 e. The minimum absolute atomic E-state index is 0.273. The molecule has 0 unspecified atom stereocenters. The predicted molar refractivity (Wildman–Crippen MR) is 66.8 cm³/mol. The van der Waals surface area contributed by atoms with E-state index >= 15 is 0 Å². The molecule has 0 spiro atoms. The van der Waals surface area contributed by atoms with E-state index in [1.807, 2.05) is 0 Å². The zero-order valence-corrected chi connectivity index (χ0v) is 10.1. The Kier molecular flexibility index (Phi) is 3.06. The Balaban J connectivity index is 2.68. The van der Waals surface area contributed by atoms with E-state index in [0.29, 0.717) is 16.5 Å². The second-order valence-electron chi connectivity index (χ2n) is 3.91. The molecule has 1 heterocycles. The van der Waals surface area contributed by atoms with Crippen molar-refractivity contribution in [3.05, 3.63) is 40.2 Å². The van der Waals surface area contributed by atoms with Crippen molar-refractivity contribution in [3.63, 3.8) is 0 Å². The van der Waals surface area contributed by atoms with Crippen LogP contribution >= 0.6 is 0 Å². The highest BCUT2D eigenvalue weighted by Crippen LogP contribution is 2.16. The molecule has 0 bridgehead atoms. The first-order valence-corrected chi connectivity index (χ1v) is 5.54. The summed E-state index contributed by atoms with van der Waals surface area (Å²) in [6, 6.07) is 4.69. The number of fused-ring (bicyclic) bond motifs is 1. The molecule has 1 N–H and O–H groups in total. The summed E-state index contributed by atoms with van der Waals surface area (Å²) >= 11 is 0. The standard InChI is InChI=1S/C13H13NO4/c1-3-18-13(17)8-4-5-10-9(6-8)12(16)11(15)7-14(10)2/h4-7,15H,3H2,1-2H3. The fraction of sp³-hybridized carbons (Fsp3) is 0.231. The normalized spacial score (nSPS) is 10.6. The molecule has 0 atom stereocenters. The summed E-state index contributed by atoms with van der Waals surface area (Å²) < 4.78 is 6.49. The number of pyridine rings is 1. The Morgan fingerprint density at radius 3 is 2.83 bits per heavy atom. The summed E-state index contributed by atoms with van der Waals surface area (Å²) in [7, 11) is 1.71. The average molecular weight is 247 g/mol. The molecule has 0 aliphatic carbocycles. The number of hydrogen-bond donors (Lipinski definition) is 1. The molecule has 0 fully saturated rings. The Morgan fingerprint density at radius 1 is 1.44 bits per heavy atom. The van der Waals surface area contributed by atoms with E-state index in [0.717, 1.165) is 0 Å². The van der Waals surface area contributed by atoms with Crippen LogP contribution in [0.15, 0.2) is 29.2 Å². The fourth-order valence-electron chi connectivity index (χ4n) is 1.82. The van der Waals surface area contributed by atoms with E-state index < -0.39 is 11.4 Å². The Bertz CT molecular complexity index is 672. The number of hydrogen-bond acceptors (Lipinski definition) is 4. The number of nitrogens with zero attached hydrogens (tertiary/aromatic N) is 1. The van der Waals surface area contributed by atoms with Crippen LogP contribution in [0.2, 0.25) is 0 Å². The Hall–Kier alpha value is -2.30. The number of carbonyl (C=O) groups excluding carboxylic acids is 1. The number of aryl methyl sites for hydroxylation is 1. The van der Waals surface area contributed by atoms with Crippen molar-refractivity contribution in [2.24, 2.45) is 7.05 Å². The van der Waals surface area contributed by atoms with Crippen molar-refractivity contribution in [2.45, 2.75) is 6.92 Å². The van der Waals surface area contributed by atoms with Crippen LogP contribution in [-0.4, -0.2) is 22.2 Å². The molecular formula is C13H13NO4. The SMILES string of the molecule is CCOC(=O)c1ccc2c(c1)c(=O)c(O)cn2C.